The second kappa shape index (κ2) is 4.91. The van der Waals surface area contributed by atoms with Gasteiger partial charge in [0.2, 0.25) is 0 Å². The third-order valence-corrected chi connectivity index (χ3v) is 1.61. The summed E-state index contributed by atoms with van der Waals surface area (Å²) in [5.41, 5.74) is 0.920. The standard InChI is InChI=1S/C10H9NO3/c12-10(11(13)14)8-4-7-9-5-2-1-3-6-9/h1-7H,8H2. The Morgan fingerprint density at radius 1 is 1.36 bits per heavy atom. The van der Waals surface area contributed by atoms with Crippen LogP contribution in [0.5, 0.6) is 0 Å². The molecule has 0 saturated carbocycles. The van der Waals surface area contributed by atoms with E-state index in [0.29, 0.717) is 0 Å². The Hall–Kier alpha value is -1.97. The Morgan fingerprint density at radius 2 is 2.00 bits per heavy atom. The van der Waals surface area contributed by atoms with Crippen LogP contribution in [0.4, 0.5) is 0 Å². The molecule has 0 N–H and O–H groups in total. The van der Waals surface area contributed by atoms with Gasteiger partial charge in [-0.1, -0.05) is 42.5 Å². The van der Waals surface area contributed by atoms with Crippen molar-refractivity contribution in [1.29, 1.82) is 0 Å². The van der Waals surface area contributed by atoms with Crippen LogP contribution in [0.3, 0.4) is 0 Å². The number of nitrogens with zero attached hydrogens (tertiary/aromatic N) is 1. The lowest BCUT2D eigenvalue weighted by Crippen LogP contribution is -2.08. The van der Waals surface area contributed by atoms with Crippen molar-refractivity contribution in [3.63, 3.8) is 0 Å². The number of rotatable bonds is 3. The van der Waals surface area contributed by atoms with Crippen molar-refractivity contribution in [3.8, 4) is 0 Å². The van der Waals surface area contributed by atoms with Crippen LogP contribution in [0, 0.1) is 10.1 Å². The molecule has 0 bridgehead atoms. The first-order chi connectivity index (χ1) is 6.70. The van der Waals surface area contributed by atoms with E-state index < -0.39 is 10.8 Å². The fraction of sp³-hybridized carbons (Fsp3) is 0.100. The van der Waals surface area contributed by atoms with E-state index in [0.717, 1.165) is 5.56 Å². The first kappa shape index (κ1) is 10.1. The Labute approximate surface area is 81.0 Å². The Bertz CT molecular complexity index is 357. The largest absolute Gasteiger partial charge is 0.448 e. The van der Waals surface area contributed by atoms with Crippen LogP contribution in [0.2, 0.25) is 0 Å². The second-order valence-corrected chi connectivity index (χ2v) is 2.67. The fourth-order valence-corrected chi connectivity index (χ4v) is 0.935. The third-order valence-electron chi connectivity index (χ3n) is 1.61. The Morgan fingerprint density at radius 3 is 2.57 bits per heavy atom. The van der Waals surface area contributed by atoms with Gasteiger partial charge in [-0.3, -0.25) is 10.1 Å². The second-order valence-electron chi connectivity index (χ2n) is 2.67. The number of hydrogen-bond donors (Lipinski definition) is 0. The highest BCUT2D eigenvalue weighted by Gasteiger charge is 2.10. The van der Waals surface area contributed by atoms with E-state index in [4.69, 9.17) is 0 Å². The molecule has 0 saturated heterocycles. The molecule has 1 amide bonds. The van der Waals surface area contributed by atoms with Gasteiger partial charge in [0.05, 0.1) is 6.42 Å². The van der Waals surface area contributed by atoms with Gasteiger partial charge in [-0.15, -0.1) is 0 Å². The highest BCUT2D eigenvalue weighted by molar-refractivity contribution is 5.70. The molecule has 0 atom stereocenters. The lowest BCUT2D eigenvalue weighted by molar-refractivity contribution is -0.401. The fourth-order valence-electron chi connectivity index (χ4n) is 0.935. The molecule has 0 aliphatic heterocycles. The molecule has 1 rings (SSSR count). The average molecular weight is 191 g/mol. The summed E-state index contributed by atoms with van der Waals surface area (Å²) in [4.78, 5) is 19.6. The van der Waals surface area contributed by atoms with Gasteiger partial charge < -0.3 is 0 Å². The molecule has 0 aliphatic carbocycles. The third kappa shape index (κ3) is 3.18. The van der Waals surface area contributed by atoms with Crippen molar-refractivity contribution in [3.05, 3.63) is 52.1 Å². The van der Waals surface area contributed by atoms with Gasteiger partial charge in [0.15, 0.2) is 0 Å². The van der Waals surface area contributed by atoms with Crippen LogP contribution < -0.4 is 0 Å². The summed E-state index contributed by atoms with van der Waals surface area (Å²) >= 11 is 0. The van der Waals surface area contributed by atoms with Crippen molar-refractivity contribution in [2.75, 3.05) is 0 Å². The zero-order valence-electron chi connectivity index (χ0n) is 7.42. The monoisotopic (exact) mass is 191 g/mol. The Kier molecular flexibility index (Phi) is 3.55. The van der Waals surface area contributed by atoms with Gasteiger partial charge >= 0.3 is 5.91 Å². The summed E-state index contributed by atoms with van der Waals surface area (Å²) in [6.45, 7) is 0. The molecule has 1 aromatic rings. The number of carbonyl (C=O) groups excluding carboxylic acids is 1. The van der Waals surface area contributed by atoms with Crippen LogP contribution >= 0.6 is 0 Å². The van der Waals surface area contributed by atoms with Crippen molar-refractivity contribution >= 4 is 12.0 Å². The first-order valence-corrected chi connectivity index (χ1v) is 4.09. The smallest absolute Gasteiger partial charge is 0.256 e. The minimum Gasteiger partial charge on any atom is -0.256 e. The average Bonchev–Trinajstić information content (AvgIpc) is 2.19. The van der Waals surface area contributed by atoms with Gasteiger partial charge in [0, 0.05) is 0 Å². The van der Waals surface area contributed by atoms with E-state index in [2.05, 4.69) is 0 Å². The molecular weight excluding hydrogens is 182 g/mol. The van der Waals surface area contributed by atoms with Crippen LogP contribution in [0.15, 0.2) is 36.4 Å². The van der Waals surface area contributed by atoms with E-state index in [1.165, 1.54) is 6.08 Å². The first-order valence-electron chi connectivity index (χ1n) is 4.09. The predicted octanol–water partition coefficient (Wildman–Crippen LogP) is 1.89. The molecule has 0 fully saturated rings. The molecule has 0 radical (unpaired) electrons. The van der Waals surface area contributed by atoms with Crippen molar-refractivity contribution < 1.29 is 9.72 Å². The van der Waals surface area contributed by atoms with Gasteiger partial charge in [0.1, 0.15) is 4.92 Å². The molecule has 0 aromatic heterocycles. The van der Waals surface area contributed by atoms with Gasteiger partial charge in [-0.05, 0) is 5.56 Å². The zero-order chi connectivity index (χ0) is 10.4. The highest BCUT2D eigenvalue weighted by atomic mass is 16.6. The summed E-state index contributed by atoms with van der Waals surface area (Å²) in [7, 11) is 0. The SMILES string of the molecule is O=C(CC=Cc1ccccc1)[N+](=O)[O-]. The minimum atomic E-state index is -0.989. The van der Waals surface area contributed by atoms with Crippen LogP contribution in [-0.4, -0.2) is 10.8 Å². The van der Waals surface area contributed by atoms with Crippen LogP contribution in [-0.2, 0) is 4.79 Å². The molecule has 0 aliphatic rings. The molecule has 0 heterocycles. The van der Waals surface area contributed by atoms with Crippen LogP contribution in [0.25, 0.3) is 6.08 Å². The maximum absolute atomic E-state index is 10.6. The van der Waals surface area contributed by atoms with Gasteiger partial charge in [-0.25, -0.2) is 4.79 Å². The number of nitro groups is 1. The quantitative estimate of drug-likeness (QED) is 0.541. The predicted molar refractivity (Wildman–Crippen MR) is 52.1 cm³/mol. The van der Waals surface area contributed by atoms with E-state index in [1.807, 2.05) is 30.3 Å². The van der Waals surface area contributed by atoms with E-state index in [1.54, 1.807) is 6.08 Å². The summed E-state index contributed by atoms with van der Waals surface area (Å²) in [5.74, 6) is -0.989. The normalized spacial score (nSPS) is 10.3. The van der Waals surface area contributed by atoms with Crippen molar-refractivity contribution in [2.45, 2.75) is 6.42 Å². The molecule has 4 heteroatoms. The number of amides is 1. The summed E-state index contributed by atoms with van der Waals surface area (Å²) < 4.78 is 0. The van der Waals surface area contributed by atoms with E-state index >= 15 is 0 Å². The molecule has 1 aromatic carbocycles. The van der Waals surface area contributed by atoms with Crippen LogP contribution in [0.1, 0.15) is 12.0 Å². The molecule has 14 heavy (non-hydrogen) atoms. The summed E-state index contributed by atoms with van der Waals surface area (Å²) in [6.07, 6.45) is 3.00. The summed E-state index contributed by atoms with van der Waals surface area (Å²) in [5, 5.41) is 9.96. The van der Waals surface area contributed by atoms with E-state index in [9.17, 15) is 14.9 Å². The number of hydrogen-bond acceptors (Lipinski definition) is 3. The molecule has 0 unspecified atom stereocenters. The minimum absolute atomic E-state index is 0.165. The molecule has 72 valence electrons. The van der Waals surface area contributed by atoms with Crippen molar-refractivity contribution in [2.24, 2.45) is 0 Å². The lowest BCUT2D eigenvalue weighted by atomic mass is 10.2. The number of carbonyl (C=O) groups is 1. The van der Waals surface area contributed by atoms with E-state index in [-0.39, 0.29) is 6.42 Å². The molecule has 4 nitrogen and oxygen atoms in total. The highest BCUT2D eigenvalue weighted by Crippen LogP contribution is 2.01. The van der Waals surface area contributed by atoms with Crippen molar-refractivity contribution in [1.82, 2.24) is 0 Å². The lowest BCUT2D eigenvalue weighted by Gasteiger charge is -1.89. The zero-order valence-corrected chi connectivity index (χ0v) is 7.42. The molecular formula is C10H9NO3. The summed E-state index contributed by atoms with van der Waals surface area (Å²) in [6, 6.07) is 9.30. The van der Waals surface area contributed by atoms with Gasteiger partial charge in [0.25, 0.3) is 0 Å². The maximum Gasteiger partial charge on any atom is 0.448 e. The maximum atomic E-state index is 10.6. The van der Waals surface area contributed by atoms with Gasteiger partial charge in [-0.2, -0.15) is 0 Å². The number of benzene rings is 1. The topological polar surface area (TPSA) is 60.2 Å². The molecule has 0 spiro atoms. The Balaban J connectivity index is 2.50.